The van der Waals surface area contributed by atoms with E-state index in [0.717, 1.165) is 24.3 Å². The van der Waals surface area contributed by atoms with Gasteiger partial charge < -0.3 is 10.5 Å². The molecule has 0 atom stereocenters. The summed E-state index contributed by atoms with van der Waals surface area (Å²) in [5.41, 5.74) is 7.58. The van der Waals surface area contributed by atoms with Crippen LogP contribution >= 0.6 is 11.3 Å². The molecule has 2 aromatic rings. The van der Waals surface area contributed by atoms with Gasteiger partial charge in [0.05, 0.1) is 21.3 Å². The lowest BCUT2D eigenvalue weighted by Gasteiger charge is -2.07. The summed E-state index contributed by atoms with van der Waals surface area (Å²) >= 11 is 1.73. The summed E-state index contributed by atoms with van der Waals surface area (Å²) in [4.78, 5) is 5.72. The first-order chi connectivity index (χ1) is 8.70. The van der Waals surface area contributed by atoms with Gasteiger partial charge in [0, 0.05) is 0 Å². The number of anilines is 1. The first kappa shape index (κ1) is 12.9. The van der Waals surface area contributed by atoms with E-state index in [-0.39, 0.29) is 0 Å². The van der Waals surface area contributed by atoms with Gasteiger partial charge in [-0.25, -0.2) is 4.98 Å². The van der Waals surface area contributed by atoms with E-state index in [1.165, 1.54) is 9.88 Å². The largest absolute Gasteiger partial charge is 0.486 e. The standard InChI is InChI=1S/C14H18N2OS/c1-3-6-14-16-10(2)13(18-14)9-17-12-8-5-4-7-11(12)15/h4-5,7-8H,3,6,9,15H2,1-2H3. The summed E-state index contributed by atoms with van der Waals surface area (Å²) < 4.78 is 5.74. The number of nitrogen functional groups attached to an aromatic ring is 1. The molecule has 0 unspecified atom stereocenters. The van der Waals surface area contributed by atoms with Crippen molar-refractivity contribution in [1.82, 2.24) is 4.98 Å². The van der Waals surface area contributed by atoms with Gasteiger partial charge in [-0.15, -0.1) is 11.3 Å². The van der Waals surface area contributed by atoms with Crippen LogP contribution in [0.1, 0.15) is 28.9 Å². The number of ether oxygens (including phenoxy) is 1. The van der Waals surface area contributed by atoms with Gasteiger partial charge in [0.25, 0.3) is 0 Å². The molecule has 2 rings (SSSR count). The Labute approximate surface area is 112 Å². The van der Waals surface area contributed by atoms with Crippen molar-refractivity contribution < 1.29 is 4.74 Å². The summed E-state index contributed by atoms with van der Waals surface area (Å²) in [6.07, 6.45) is 2.16. The molecule has 0 fully saturated rings. The van der Waals surface area contributed by atoms with Crippen LogP contribution in [0.15, 0.2) is 24.3 Å². The second kappa shape index (κ2) is 5.87. The Bertz CT molecular complexity index is 522. The Morgan fingerprint density at radius 2 is 2.11 bits per heavy atom. The highest BCUT2D eigenvalue weighted by atomic mass is 32.1. The molecule has 0 aliphatic carbocycles. The summed E-state index contributed by atoms with van der Waals surface area (Å²) in [5.74, 6) is 0.738. The molecule has 1 heterocycles. The molecule has 0 saturated heterocycles. The average Bonchev–Trinajstić information content (AvgIpc) is 2.69. The van der Waals surface area contributed by atoms with Gasteiger partial charge in [0.1, 0.15) is 12.4 Å². The van der Waals surface area contributed by atoms with E-state index in [9.17, 15) is 0 Å². The highest BCUT2D eigenvalue weighted by Crippen LogP contribution is 2.24. The minimum Gasteiger partial charge on any atom is -0.486 e. The third-order valence-electron chi connectivity index (χ3n) is 2.68. The van der Waals surface area contributed by atoms with Crippen molar-refractivity contribution in [2.75, 3.05) is 5.73 Å². The molecule has 1 aromatic heterocycles. The van der Waals surface area contributed by atoms with Crippen LogP contribution in [-0.4, -0.2) is 4.98 Å². The Hall–Kier alpha value is -1.55. The van der Waals surface area contributed by atoms with E-state index in [2.05, 4.69) is 11.9 Å². The molecule has 0 aliphatic heterocycles. The summed E-state index contributed by atoms with van der Waals surface area (Å²) in [7, 11) is 0. The number of benzene rings is 1. The summed E-state index contributed by atoms with van der Waals surface area (Å²) in [6.45, 7) is 4.74. The van der Waals surface area contributed by atoms with Crippen LogP contribution in [0, 0.1) is 6.92 Å². The van der Waals surface area contributed by atoms with E-state index in [1.54, 1.807) is 11.3 Å². The Morgan fingerprint density at radius 3 is 2.83 bits per heavy atom. The van der Waals surface area contributed by atoms with E-state index < -0.39 is 0 Å². The maximum absolute atomic E-state index is 5.84. The van der Waals surface area contributed by atoms with Crippen molar-refractivity contribution in [3.8, 4) is 5.75 Å². The first-order valence-electron chi connectivity index (χ1n) is 6.13. The van der Waals surface area contributed by atoms with Gasteiger partial charge in [-0.1, -0.05) is 19.1 Å². The number of aromatic nitrogens is 1. The van der Waals surface area contributed by atoms with Crippen molar-refractivity contribution in [3.63, 3.8) is 0 Å². The van der Waals surface area contributed by atoms with Crippen molar-refractivity contribution in [1.29, 1.82) is 0 Å². The zero-order chi connectivity index (χ0) is 13.0. The fourth-order valence-electron chi connectivity index (χ4n) is 1.70. The third kappa shape index (κ3) is 3.01. The molecule has 0 aliphatic rings. The Kier molecular flexibility index (Phi) is 4.20. The molecule has 1 aromatic carbocycles. The quantitative estimate of drug-likeness (QED) is 0.838. The van der Waals surface area contributed by atoms with Crippen LogP contribution in [0.4, 0.5) is 5.69 Å². The summed E-state index contributed by atoms with van der Waals surface area (Å²) in [5, 5.41) is 1.19. The number of hydrogen-bond acceptors (Lipinski definition) is 4. The number of hydrogen-bond donors (Lipinski definition) is 1. The maximum Gasteiger partial charge on any atom is 0.142 e. The number of rotatable bonds is 5. The molecule has 3 nitrogen and oxygen atoms in total. The lowest BCUT2D eigenvalue weighted by atomic mass is 10.3. The highest BCUT2D eigenvalue weighted by molar-refractivity contribution is 7.11. The van der Waals surface area contributed by atoms with Gasteiger partial charge in [0.2, 0.25) is 0 Å². The van der Waals surface area contributed by atoms with Gasteiger partial charge in [-0.3, -0.25) is 0 Å². The van der Waals surface area contributed by atoms with Crippen LogP contribution in [-0.2, 0) is 13.0 Å². The van der Waals surface area contributed by atoms with Crippen LogP contribution < -0.4 is 10.5 Å². The van der Waals surface area contributed by atoms with E-state index in [1.807, 2.05) is 31.2 Å². The fraction of sp³-hybridized carbons (Fsp3) is 0.357. The van der Waals surface area contributed by atoms with E-state index >= 15 is 0 Å². The molecular weight excluding hydrogens is 244 g/mol. The molecule has 96 valence electrons. The number of thiazole rings is 1. The molecule has 0 saturated carbocycles. The molecule has 0 amide bonds. The van der Waals surface area contributed by atoms with Crippen molar-refractivity contribution >= 4 is 17.0 Å². The lowest BCUT2D eigenvalue weighted by molar-refractivity contribution is 0.310. The SMILES string of the molecule is CCCc1nc(C)c(COc2ccccc2N)s1. The van der Waals surface area contributed by atoms with Crippen LogP contribution in [0.25, 0.3) is 0 Å². The predicted octanol–water partition coefficient (Wildman–Crippen LogP) is 3.57. The topological polar surface area (TPSA) is 48.1 Å². The number of nitrogens with zero attached hydrogens (tertiary/aromatic N) is 1. The average molecular weight is 262 g/mol. The summed E-state index contributed by atoms with van der Waals surface area (Å²) in [6, 6.07) is 7.56. The molecule has 0 bridgehead atoms. The minimum absolute atomic E-state index is 0.543. The molecule has 0 radical (unpaired) electrons. The minimum atomic E-state index is 0.543. The maximum atomic E-state index is 5.84. The molecular formula is C14H18N2OS. The predicted molar refractivity (Wildman–Crippen MR) is 76.0 cm³/mol. The Morgan fingerprint density at radius 1 is 1.33 bits per heavy atom. The monoisotopic (exact) mass is 262 g/mol. The van der Waals surface area contributed by atoms with Crippen LogP contribution in [0.2, 0.25) is 0 Å². The second-order valence-electron chi connectivity index (χ2n) is 4.19. The molecule has 18 heavy (non-hydrogen) atoms. The fourth-order valence-corrected chi connectivity index (χ4v) is 2.78. The molecule has 2 N–H and O–H groups in total. The van der Waals surface area contributed by atoms with Gasteiger partial charge >= 0.3 is 0 Å². The second-order valence-corrected chi connectivity index (χ2v) is 5.36. The number of nitrogens with two attached hydrogens (primary N) is 1. The lowest BCUT2D eigenvalue weighted by Crippen LogP contribution is -1.98. The zero-order valence-electron chi connectivity index (χ0n) is 10.8. The smallest absolute Gasteiger partial charge is 0.142 e. The number of aryl methyl sites for hydroxylation is 2. The van der Waals surface area contributed by atoms with E-state index in [4.69, 9.17) is 10.5 Å². The van der Waals surface area contributed by atoms with Gasteiger partial charge in [-0.2, -0.15) is 0 Å². The Balaban J connectivity index is 2.04. The van der Waals surface area contributed by atoms with Crippen LogP contribution in [0.3, 0.4) is 0 Å². The first-order valence-corrected chi connectivity index (χ1v) is 6.94. The van der Waals surface area contributed by atoms with Gasteiger partial charge in [-0.05, 0) is 31.9 Å². The van der Waals surface area contributed by atoms with E-state index in [0.29, 0.717) is 12.3 Å². The van der Waals surface area contributed by atoms with Crippen molar-refractivity contribution in [2.45, 2.75) is 33.3 Å². The zero-order valence-corrected chi connectivity index (χ0v) is 11.6. The van der Waals surface area contributed by atoms with Gasteiger partial charge in [0.15, 0.2) is 0 Å². The highest BCUT2D eigenvalue weighted by Gasteiger charge is 2.08. The van der Waals surface area contributed by atoms with Crippen molar-refractivity contribution in [3.05, 3.63) is 39.8 Å². The van der Waals surface area contributed by atoms with Crippen molar-refractivity contribution in [2.24, 2.45) is 0 Å². The number of para-hydroxylation sites is 2. The molecule has 0 spiro atoms. The molecule has 4 heteroatoms. The van der Waals surface area contributed by atoms with Crippen LogP contribution in [0.5, 0.6) is 5.75 Å². The third-order valence-corrected chi connectivity index (χ3v) is 3.87. The normalized spacial score (nSPS) is 10.6.